The monoisotopic (exact) mass is 391 g/mol. The summed E-state index contributed by atoms with van der Waals surface area (Å²) in [6.07, 6.45) is 0.662. The molecule has 0 aromatic heterocycles. The molecule has 0 radical (unpaired) electrons. The second kappa shape index (κ2) is 16.1. The smallest absolute Gasteiger partial charge is 0.408 e. The van der Waals surface area contributed by atoms with E-state index in [0.717, 1.165) is 12.3 Å². The molecule has 0 aromatic rings. The lowest BCUT2D eigenvalue weighted by molar-refractivity contribution is -0.136. The maximum absolute atomic E-state index is 11.9. The molecule has 7 heteroatoms. The van der Waals surface area contributed by atoms with E-state index in [-0.39, 0.29) is 15.3 Å². The minimum absolute atomic E-state index is 0. The molecule has 0 saturated carbocycles. The van der Waals surface area contributed by atoms with Gasteiger partial charge in [-0.1, -0.05) is 34.6 Å². The predicted molar refractivity (Wildman–Crippen MR) is 116 cm³/mol. The number of primary amides is 1. The van der Waals surface area contributed by atoms with Gasteiger partial charge in [0.15, 0.2) is 0 Å². The highest BCUT2D eigenvalue weighted by atomic mass is 16.6. The molecule has 164 valence electrons. The summed E-state index contributed by atoms with van der Waals surface area (Å²) in [7, 11) is 0. The molecule has 7 nitrogen and oxygen atoms in total. The van der Waals surface area contributed by atoms with E-state index in [4.69, 9.17) is 10.5 Å². The number of rotatable bonds is 3. The van der Waals surface area contributed by atoms with E-state index >= 15 is 0 Å². The van der Waals surface area contributed by atoms with Gasteiger partial charge in [-0.25, -0.2) is 4.79 Å². The van der Waals surface area contributed by atoms with Gasteiger partial charge in [0.2, 0.25) is 11.8 Å². The van der Waals surface area contributed by atoms with Crippen molar-refractivity contribution in [2.45, 2.75) is 79.9 Å². The highest BCUT2D eigenvalue weighted by Crippen LogP contribution is 2.16. The molecule has 27 heavy (non-hydrogen) atoms. The number of hydrogen-bond donors (Lipinski definition) is 2. The van der Waals surface area contributed by atoms with Crippen LogP contribution in [0.25, 0.3) is 0 Å². The fourth-order valence-corrected chi connectivity index (χ4v) is 1.92. The van der Waals surface area contributed by atoms with E-state index in [1.165, 1.54) is 4.90 Å². The zero-order valence-corrected chi connectivity index (χ0v) is 18.6. The summed E-state index contributed by atoms with van der Waals surface area (Å²) in [5, 5.41) is 2.37. The van der Waals surface area contributed by atoms with Gasteiger partial charge in [-0.15, -0.1) is 13.2 Å². The van der Waals surface area contributed by atoms with Gasteiger partial charge in [0.25, 0.3) is 0 Å². The van der Waals surface area contributed by atoms with Gasteiger partial charge < -0.3 is 20.7 Å². The summed E-state index contributed by atoms with van der Waals surface area (Å²) in [5.74, 6) is -0.00437. The van der Waals surface area contributed by atoms with Gasteiger partial charge in [0.1, 0.15) is 18.2 Å². The largest absolute Gasteiger partial charge is 0.444 e. The Morgan fingerprint density at radius 1 is 1.22 bits per heavy atom. The lowest BCUT2D eigenvalue weighted by Crippen LogP contribution is -2.48. The van der Waals surface area contributed by atoms with E-state index in [0.29, 0.717) is 13.0 Å². The van der Waals surface area contributed by atoms with Crippen molar-refractivity contribution in [1.82, 2.24) is 10.2 Å². The van der Waals surface area contributed by atoms with Crippen LogP contribution in [0, 0.1) is 5.92 Å². The SMILES string of the molecule is C=C.CC.CC(C)(C)OC(=O)NCC(=O)N1CCCC1C(N)=O.CC(C)C.[HH].[HH]. The quantitative estimate of drug-likeness (QED) is 0.711. The van der Waals surface area contributed by atoms with E-state index in [2.05, 4.69) is 39.2 Å². The molecule has 1 saturated heterocycles. The van der Waals surface area contributed by atoms with Crippen LogP contribution >= 0.6 is 0 Å². The fourth-order valence-electron chi connectivity index (χ4n) is 1.92. The first-order valence-electron chi connectivity index (χ1n) is 9.49. The number of hydrogen-bond acceptors (Lipinski definition) is 4. The van der Waals surface area contributed by atoms with E-state index in [1.54, 1.807) is 20.8 Å². The molecule has 0 aliphatic carbocycles. The summed E-state index contributed by atoms with van der Waals surface area (Å²) < 4.78 is 5.01. The van der Waals surface area contributed by atoms with Crippen LogP contribution in [0.1, 0.15) is 71.1 Å². The van der Waals surface area contributed by atoms with Gasteiger partial charge in [0, 0.05) is 9.40 Å². The summed E-state index contributed by atoms with van der Waals surface area (Å²) in [5.41, 5.74) is 4.61. The van der Waals surface area contributed by atoms with Crippen molar-refractivity contribution in [3.63, 3.8) is 0 Å². The Balaban J connectivity index is -0.000000168. The molecule has 1 rings (SSSR count). The predicted octanol–water partition coefficient (Wildman–Crippen LogP) is 3.97. The molecule has 1 aliphatic heterocycles. The van der Waals surface area contributed by atoms with Crippen LogP contribution in [-0.2, 0) is 14.3 Å². The molecule has 1 aliphatic rings. The Hall–Kier alpha value is -2.05. The zero-order chi connectivity index (χ0) is 22.2. The van der Waals surface area contributed by atoms with Crippen LogP contribution in [0.3, 0.4) is 0 Å². The van der Waals surface area contributed by atoms with Crippen LogP contribution < -0.4 is 11.1 Å². The number of likely N-dealkylation sites (tertiary alicyclic amines) is 1. The number of nitrogens with zero attached hydrogens (tertiary/aromatic N) is 1. The van der Waals surface area contributed by atoms with E-state index in [9.17, 15) is 14.4 Å². The third-order valence-corrected chi connectivity index (χ3v) is 2.68. The first-order chi connectivity index (χ1) is 12.4. The van der Waals surface area contributed by atoms with Crippen LogP contribution in [-0.4, -0.2) is 47.5 Å². The first-order valence-corrected chi connectivity index (χ1v) is 9.49. The number of nitrogens with one attached hydrogen (secondary N) is 1. The Morgan fingerprint density at radius 2 is 1.67 bits per heavy atom. The summed E-state index contributed by atoms with van der Waals surface area (Å²) >= 11 is 0. The molecule has 1 fully saturated rings. The molecule has 1 heterocycles. The fraction of sp³-hybridized carbons (Fsp3) is 0.750. The van der Waals surface area contributed by atoms with Gasteiger partial charge >= 0.3 is 6.09 Å². The summed E-state index contributed by atoms with van der Waals surface area (Å²) in [4.78, 5) is 35.8. The van der Waals surface area contributed by atoms with Gasteiger partial charge in [0.05, 0.1) is 0 Å². The molecule has 3 amide bonds. The number of alkyl carbamates (subject to hydrolysis) is 1. The Kier molecular flexibility index (Phi) is 17.8. The van der Waals surface area contributed by atoms with Crippen molar-refractivity contribution in [2.24, 2.45) is 11.7 Å². The van der Waals surface area contributed by atoms with Crippen molar-refractivity contribution >= 4 is 17.9 Å². The lowest BCUT2D eigenvalue weighted by Gasteiger charge is -2.23. The van der Waals surface area contributed by atoms with Crippen molar-refractivity contribution in [3.8, 4) is 0 Å². The molecule has 1 atom stereocenters. The van der Waals surface area contributed by atoms with Gasteiger partial charge in [-0.2, -0.15) is 0 Å². The van der Waals surface area contributed by atoms with Crippen molar-refractivity contribution in [3.05, 3.63) is 13.2 Å². The second-order valence-electron chi connectivity index (χ2n) is 7.24. The number of nitrogens with two attached hydrogens (primary N) is 1. The van der Waals surface area contributed by atoms with Crippen molar-refractivity contribution in [2.75, 3.05) is 13.1 Å². The molecule has 3 N–H and O–H groups in total. The van der Waals surface area contributed by atoms with Gasteiger partial charge in [-0.05, 0) is 39.5 Å². The topological polar surface area (TPSA) is 102 Å². The van der Waals surface area contributed by atoms with Crippen LogP contribution in [0.4, 0.5) is 4.79 Å². The Bertz CT molecular complexity index is 439. The van der Waals surface area contributed by atoms with E-state index < -0.39 is 23.6 Å². The molecule has 0 bridgehead atoms. The number of carbonyl (C=O) groups is 3. The standard InChI is InChI=1S/C12H21N3O4.C4H10.C2H6.C2H4.2H2/c1-12(2,3)19-11(18)14-7-9(16)15-6-4-5-8(15)10(13)17;1-4(2)3;2*1-2;;/h8H,4-7H2,1-3H3,(H2,13,17)(H,14,18);4H,1-3H3;1-2H3;1-2H2;2*1H. The first kappa shape index (κ1) is 29.7. The average Bonchev–Trinajstić information content (AvgIpc) is 3.04. The maximum atomic E-state index is 11.9. The van der Waals surface area contributed by atoms with Crippen LogP contribution in [0.2, 0.25) is 0 Å². The van der Waals surface area contributed by atoms with Crippen molar-refractivity contribution in [1.29, 1.82) is 0 Å². The minimum atomic E-state index is -0.657. The highest BCUT2D eigenvalue weighted by Gasteiger charge is 2.32. The average molecular weight is 392 g/mol. The number of carbonyl (C=O) groups excluding carboxylic acids is 3. The molecule has 0 aromatic carbocycles. The maximum Gasteiger partial charge on any atom is 0.408 e. The summed E-state index contributed by atoms with van der Waals surface area (Å²) in [6.45, 7) is 22.0. The Labute approximate surface area is 168 Å². The van der Waals surface area contributed by atoms with Crippen LogP contribution in [0.5, 0.6) is 0 Å². The Morgan fingerprint density at radius 3 is 2.04 bits per heavy atom. The van der Waals surface area contributed by atoms with Crippen LogP contribution in [0.15, 0.2) is 13.2 Å². The normalized spacial score (nSPS) is 15.1. The number of ether oxygens (including phenoxy) is 1. The zero-order valence-electron chi connectivity index (χ0n) is 18.6. The molecule has 1 unspecified atom stereocenters. The van der Waals surface area contributed by atoms with E-state index in [1.807, 2.05) is 13.8 Å². The van der Waals surface area contributed by atoms with Gasteiger partial charge in [-0.3, -0.25) is 9.59 Å². The molecular weight excluding hydrogens is 346 g/mol. The lowest BCUT2D eigenvalue weighted by atomic mass is 10.2. The highest BCUT2D eigenvalue weighted by molar-refractivity contribution is 5.89. The molecular formula is C20H45N3O4. The summed E-state index contributed by atoms with van der Waals surface area (Å²) in [6, 6.07) is -0.562. The second-order valence-corrected chi connectivity index (χ2v) is 7.24. The molecule has 0 spiro atoms. The number of amides is 3. The third kappa shape index (κ3) is 17.1. The third-order valence-electron chi connectivity index (χ3n) is 2.68. The van der Waals surface area contributed by atoms with Crippen molar-refractivity contribution < 1.29 is 22.0 Å². The minimum Gasteiger partial charge on any atom is -0.444 e.